The highest BCUT2D eigenvalue weighted by atomic mass is 16.5. The van der Waals surface area contributed by atoms with Crippen LogP contribution >= 0.6 is 0 Å². The molecule has 3 rings (SSSR count). The number of hydrogen-bond acceptors (Lipinski definition) is 1. The molecular formula is C33H44O. The highest BCUT2D eigenvalue weighted by molar-refractivity contribution is 5.83. The largest absolute Gasteiger partial charge is 0.374 e. The van der Waals surface area contributed by atoms with Crippen molar-refractivity contribution in [1.29, 1.82) is 0 Å². The quantitative estimate of drug-likeness (QED) is 0.195. The van der Waals surface area contributed by atoms with E-state index in [1.54, 1.807) is 0 Å². The predicted octanol–water partition coefficient (Wildman–Crippen LogP) is 10.4. The first-order valence-electron chi connectivity index (χ1n) is 13.7. The van der Waals surface area contributed by atoms with Crippen molar-refractivity contribution in [3.8, 4) is 22.3 Å². The average Bonchev–Trinajstić information content (AvgIpc) is 2.90. The van der Waals surface area contributed by atoms with Crippen LogP contribution in [-0.2, 0) is 4.74 Å². The summed E-state index contributed by atoms with van der Waals surface area (Å²) in [5, 5.41) is 0. The van der Waals surface area contributed by atoms with E-state index in [0.717, 1.165) is 6.61 Å². The molecule has 1 nitrogen and oxygen atoms in total. The van der Waals surface area contributed by atoms with Gasteiger partial charge in [0, 0.05) is 6.61 Å². The summed E-state index contributed by atoms with van der Waals surface area (Å²) in [6.07, 6.45) is 15.2. The molecule has 0 N–H and O–H groups in total. The molecule has 0 saturated carbocycles. The smallest absolute Gasteiger partial charge is 0.0796 e. The number of unbranched alkanes of at least 4 members (excludes halogenated alkanes) is 10. The highest BCUT2D eigenvalue weighted by Gasteiger charge is 2.09. The van der Waals surface area contributed by atoms with Crippen LogP contribution in [0.15, 0.2) is 78.9 Å². The molecule has 3 aromatic rings. The van der Waals surface area contributed by atoms with E-state index in [1.807, 2.05) is 0 Å². The summed E-state index contributed by atoms with van der Waals surface area (Å²) in [5.74, 6) is 0. The SMILES string of the molecule is CCCCCCCCCCCCCOC(C)c1ccc(-c2ccccc2-c2ccccc2)cc1. The Balaban J connectivity index is 1.37. The third-order valence-electron chi connectivity index (χ3n) is 6.82. The lowest BCUT2D eigenvalue weighted by molar-refractivity contribution is 0.0627. The highest BCUT2D eigenvalue weighted by Crippen LogP contribution is 2.32. The van der Waals surface area contributed by atoms with Crippen LogP contribution in [0.4, 0.5) is 0 Å². The van der Waals surface area contributed by atoms with Crippen molar-refractivity contribution >= 4 is 0 Å². The Labute approximate surface area is 208 Å². The van der Waals surface area contributed by atoms with Crippen LogP contribution in [-0.4, -0.2) is 6.61 Å². The predicted molar refractivity (Wildman–Crippen MR) is 148 cm³/mol. The standard InChI is InChI=1S/C33H44O/c1-3-4-5-6-7-8-9-10-11-12-18-27-34-28(2)29-23-25-31(26-24-29)33-22-17-16-21-32(33)30-19-14-13-15-20-30/h13-17,19-26,28H,3-12,18,27H2,1-2H3. The van der Waals surface area contributed by atoms with Gasteiger partial charge in [-0.2, -0.15) is 0 Å². The van der Waals surface area contributed by atoms with Crippen LogP contribution in [0.25, 0.3) is 22.3 Å². The van der Waals surface area contributed by atoms with E-state index in [-0.39, 0.29) is 6.10 Å². The van der Waals surface area contributed by atoms with E-state index in [9.17, 15) is 0 Å². The fourth-order valence-corrected chi connectivity index (χ4v) is 4.66. The van der Waals surface area contributed by atoms with Crippen molar-refractivity contribution in [2.45, 2.75) is 90.6 Å². The molecule has 0 aliphatic heterocycles. The number of benzene rings is 3. The summed E-state index contributed by atoms with van der Waals surface area (Å²) in [6.45, 7) is 5.32. The molecule has 0 spiro atoms. The molecule has 1 unspecified atom stereocenters. The second-order valence-corrected chi connectivity index (χ2v) is 9.58. The fourth-order valence-electron chi connectivity index (χ4n) is 4.66. The summed E-state index contributed by atoms with van der Waals surface area (Å²) >= 11 is 0. The van der Waals surface area contributed by atoms with Gasteiger partial charge in [-0.3, -0.25) is 0 Å². The Kier molecular flexibility index (Phi) is 12.0. The molecule has 0 bridgehead atoms. The number of ether oxygens (including phenoxy) is 1. The van der Waals surface area contributed by atoms with E-state index in [1.165, 1.54) is 98.4 Å². The lowest BCUT2D eigenvalue weighted by Gasteiger charge is -2.15. The molecular weight excluding hydrogens is 412 g/mol. The average molecular weight is 457 g/mol. The van der Waals surface area contributed by atoms with Crippen molar-refractivity contribution in [1.82, 2.24) is 0 Å². The van der Waals surface area contributed by atoms with E-state index in [0.29, 0.717) is 0 Å². The van der Waals surface area contributed by atoms with Gasteiger partial charge < -0.3 is 4.74 Å². The molecule has 0 fully saturated rings. The Morgan fingerprint density at radius 3 is 1.56 bits per heavy atom. The minimum atomic E-state index is 0.140. The van der Waals surface area contributed by atoms with Gasteiger partial charge in [0.1, 0.15) is 0 Å². The summed E-state index contributed by atoms with van der Waals surface area (Å²) < 4.78 is 6.15. The Morgan fingerprint density at radius 1 is 0.529 bits per heavy atom. The second-order valence-electron chi connectivity index (χ2n) is 9.58. The molecule has 0 aliphatic carbocycles. The Hall–Kier alpha value is -2.38. The third-order valence-corrected chi connectivity index (χ3v) is 6.82. The van der Waals surface area contributed by atoms with Crippen LogP contribution in [0.2, 0.25) is 0 Å². The summed E-state index contributed by atoms with van der Waals surface area (Å²) in [7, 11) is 0. The first-order valence-corrected chi connectivity index (χ1v) is 13.7. The Bertz CT molecular complexity index is 913. The van der Waals surface area contributed by atoms with Crippen LogP contribution < -0.4 is 0 Å². The molecule has 0 saturated heterocycles. The van der Waals surface area contributed by atoms with Gasteiger partial charge in [-0.25, -0.2) is 0 Å². The molecule has 0 aromatic heterocycles. The minimum absolute atomic E-state index is 0.140. The van der Waals surface area contributed by atoms with Gasteiger partial charge in [-0.1, -0.05) is 150 Å². The molecule has 1 heteroatoms. The van der Waals surface area contributed by atoms with E-state index in [2.05, 4.69) is 92.7 Å². The van der Waals surface area contributed by atoms with Crippen molar-refractivity contribution in [2.24, 2.45) is 0 Å². The third kappa shape index (κ3) is 8.76. The first-order chi connectivity index (χ1) is 16.8. The molecule has 182 valence electrons. The van der Waals surface area contributed by atoms with Crippen LogP contribution in [0.1, 0.15) is 96.1 Å². The number of hydrogen-bond donors (Lipinski definition) is 0. The molecule has 34 heavy (non-hydrogen) atoms. The molecule has 1 atom stereocenters. The molecule has 0 aliphatic rings. The maximum atomic E-state index is 6.15. The minimum Gasteiger partial charge on any atom is -0.374 e. The van der Waals surface area contributed by atoms with Gasteiger partial charge in [-0.05, 0) is 41.2 Å². The van der Waals surface area contributed by atoms with Gasteiger partial charge >= 0.3 is 0 Å². The second kappa shape index (κ2) is 15.5. The van der Waals surface area contributed by atoms with Crippen molar-refractivity contribution in [3.05, 3.63) is 84.4 Å². The van der Waals surface area contributed by atoms with Gasteiger partial charge in [0.05, 0.1) is 6.10 Å². The summed E-state index contributed by atoms with van der Waals surface area (Å²) in [4.78, 5) is 0. The van der Waals surface area contributed by atoms with Crippen molar-refractivity contribution < 1.29 is 4.74 Å². The maximum absolute atomic E-state index is 6.15. The van der Waals surface area contributed by atoms with Crippen LogP contribution in [0, 0.1) is 0 Å². The topological polar surface area (TPSA) is 9.23 Å². The maximum Gasteiger partial charge on any atom is 0.0796 e. The normalized spacial score (nSPS) is 12.1. The van der Waals surface area contributed by atoms with Crippen molar-refractivity contribution in [3.63, 3.8) is 0 Å². The van der Waals surface area contributed by atoms with E-state index in [4.69, 9.17) is 4.74 Å². The summed E-state index contributed by atoms with van der Waals surface area (Å²) in [6, 6.07) is 28.2. The molecule has 0 heterocycles. The van der Waals surface area contributed by atoms with Gasteiger partial charge in [0.15, 0.2) is 0 Å². The zero-order valence-corrected chi connectivity index (χ0v) is 21.5. The molecule has 3 aromatic carbocycles. The van der Waals surface area contributed by atoms with Gasteiger partial charge in [0.2, 0.25) is 0 Å². The lowest BCUT2D eigenvalue weighted by Crippen LogP contribution is -2.02. The monoisotopic (exact) mass is 456 g/mol. The van der Waals surface area contributed by atoms with E-state index < -0.39 is 0 Å². The van der Waals surface area contributed by atoms with Gasteiger partial charge in [0.25, 0.3) is 0 Å². The van der Waals surface area contributed by atoms with Crippen molar-refractivity contribution in [2.75, 3.05) is 6.61 Å². The molecule has 0 amide bonds. The van der Waals surface area contributed by atoms with Gasteiger partial charge in [-0.15, -0.1) is 0 Å². The fraction of sp³-hybridized carbons (Fsp3) is 0.455. The zero-order valence-electron chi connectivity index (χ0n) is 21.5. The number of rotatable bonds is 16. The van der Waals surface area contributed by atoms with Crippen LogP contribution in [0.5, 0.6) is 0 Å². The Morgan fingerprint density at radius 2 is 1.00 bits per heavy atom. The summed E-state index contributed by atoms with van der Waals surface area (Å²) in [5.41, 5.74) is 6.31. The first kappa shape index (κ1) is 26.2. The van der Waals surface area contributed by atoms with Crippen LogP contribution in [0.3, 0.4) is 0 Å². The lowest BCUT2D eigenvalue weighted by atomic mass is 9.94. The van der Waals surface area contributed by atoms with E-state index >= 15 is 0 Å². The zero-order chi connectivity index (χ0) is 23.8. The molecule has 0 radical (unpaired) electrons.